The summed E-state index contributed by atoms with van der Waals surface area (Å²) in [7, 11) is 0. The van der Waals surface area contributed by atoms with Gasteiger partial charge in [0.15, 0.2) is 0 Å². The third-order valence-corrected chi connectivity index (χ3v) is 7.74. The first-order valence-electron chi connectivity index (χ1n) is 12.1. The van der Waals surface area contributed by atoms with E-state index in [1.807, 2.05) is 0 Å². The lowest BCUT2D eigenvalue weighted by molar-refractivity contribution is -0.145. The van der Waals surface area contributed by atoms with E-state index < -0.39 is 0 Å². The Balaban J connectivity index is 1.46. The molecule has 0 bridgehead atoms. The van der Waals surface area contributed by atoms with E-state index in [9.17, 15) is 14.0 Å². The summed E-state index contributed by atoms with van der Waals surface area (Å²) in [5.74, 6) is -0.145. The number of hydrogen-bond donors (Lipinski definition) is 0. The van der Waals surface area contributed by atoms with Gasteiger partial charge in [0.1, 0.15) is 5.82 Å². The van der Waals surface area contributed by atoms with Gasteiger partial charge < -0.3 is 14.7 Å². The van der Waals surface area contributed by atoms with Crippen molar-refractivity contribution in [3.05, 3.63) is 57.5 Å². The zero-order valence-electron chi connectivity index (χ0n) is 19.5. The maximum atomic E-state index is 13.5. The predicted octanol–water partition coefficient (Wildman–Crippen LogP) is 4.45. The summed E-state index contributed by atoms with van der Waals surface area (Å²) in [6.07, 6.45) is 5.38. The van der Waals surface area contributed by atoms with E-state index in [2.05, 4.69) is 24.0 Å². The Morgan fingerprint density at radius 2 is 1.73 bits per heavy atom. The van der Waals surface area contributed by atoms with Crippen LogP contribution < -0.4 is 0 Å². The van der Waals surface area contributed by atoms with Gasteiger partial charge in [-0.25, -0.2) is 4.39 Å². The number of likely N-dealkylation sites (tertiary alicyclic amines) is 1. The zero-order chi connectivity index (χ0) is 23.2. The monoisotopic (exact) mass is 471 g/mol. The Bertz CT molecular complexity index is 935. The molecule has 1 aromatic heterocycles. The third kappa shape index (κ3) is 6.64. The number of aryl methyl sites for hydroxylation is 1. The molecule has 2 fully saturated rings. The molecule has 1 aliphatic heterocycles. The van der Waals surface area contributed by atoms with E-state index in [1.165, 1.54) is 29.9 Å². The second-order valence-corrected chi connectivity index (χ2v) is 10.7. The van der Waals surface area contributed by atoms with Gasteiger partial charge in [0.05, 0.1) is 13.1 Å². The number of hydrogen-bond acceptors (Lipinski definition) is 4. The van der Waals surface area contributed by atoms with Crippen LogP contribution in [0.25, 0.3) is 0 Å². The molecule has 178 valence electrons. The van der Waals surface area contributed by atoms with Crippen molar-refractivity contribution >= 4 is 23.2 Å². The maximum Gasteiger partial charge on any atom is 0.242 e. The highest BCUT2D eigenvalue weighted by Gasteiger charge is 2.31. The van der Waals surface area contributed by atoms with Crippen LogP contribution in [0.2, 0.25) is 0 Å². The van der Waals surface area contributed by atoms with Crippen molar-refractivity contribution in [1.82, 2.24) is 14.7 Å². The molecule has 1 saturated heterocycles. The smallest absolute Gasteiger partial charge is 0.242 e. The Hall–Kier alpha value is -2.25. The molecule has 7 heteroatoms. The van der Waals surface area contributed by atoms with Crippen LogP contribution in [0.1, 0.15) is 47.4 Å². The third-order valence-electron chi connectivity index (χ3n) is 6.76. The fourth-order valence-electron chi connectivity index (χ4n) is 4.51. The molecule has 0 radical (unpaired) electrons. The summed E-state index contributed by atoms with van der Waals surface area (Å²) >= 11 is 1.68. The first kappa shape index (κ1) is 23.9. The SMILES string of the molecule is Cc1ccc(CN(Cc2ccc(F)cc2)C(=O)CN(CCN2CCCC2)C(=O)C2CCC2)s1. The summed E-state index contributed by atoms with van der Waals surface area (Å²) in [6, 6.07) is 10.4. The minimum absolute atomic E-state index is 0.0560. The summed E-state index contributed by atoms with van der Waals surface area (Å²) in [5.41, 5.74) is 0.881. The van der Waals surface area contributed by atoms with Crippen molar-refractivity contribution in [1.29, 1.82) is 0 Å². The standard InChI is InChI=1S/C26H34FN3O2S/c1-20-7-12-24(33-20)18-30(17-21-8-10-23(27)11-9-21)25(31)19-29(26(32)22-5-4-6-22)16-15-28-13-2-3-14-28/h7-12,22H,2-6,13-19H2,1H3. The van der Waals surface area contributed by atoms with Gasteiger partial charge in [0.2, 0.25) is 11.8 Å². The number of halogens is 1. The van der Waals surface area contributed by atoms with Gasteiger partial charge >= 0.3 is 0 Å². The first-order chi connectivity index (χ1) is 16.0. The minimum Gasteiger partial charge on any atom is -0.332 e. The van der Waals surface area contributed by atoms with Crippen LogP contribution in [-0.4, -0.2) is 59.2 Å². The summed E-state index contributed by atoms with van der Waals surface area (Å²) in [6.45, 7) is 6.63. The highest BCUT2D eigenvalue weighted by molar-refractivity contribution is 7.11. The molecule has 1 aromatic carbocycles. The lowest BCUT2D eigenvalue weighted by Gasteiger charge is -2.34. The number of rotatable bonds is 10. The Morgan fingerprint density at radius 3 is 2.33 bits per heavy atom. The molecule has 0 unspecified atom stereocenters. The molecule has 1 saturated carbocycles. The molecular weight excluding hydrogens is 437 g/mol. The molecular formula is C26H34FN3O2S. The Labute approximate surface area is 200 Å². The van der Waals surface area contributed by atoms with Gasteiger partial charge in [0, 0.05) is 35.3 Å². The van der Waals surface area contributed by atoms with Gasteiger partial charge in [-0.2, -0.15) is 0 Å². The van der Waals surface area contributed by atoms with Gasteiger partial charge in [0.25, 0.3) is 0 Å². The summed E-state index contributed by atoms with van der Waals surface area (Å²) < 4.78 is 13.4. The molecule has 1 aliphatic carbocycles. The van der Waals surface area contributed by atoms with Gasteiger partial charge in [-0.1, -0.05) is 18.6 Å². The van der Waals surface area contributed by atoms with E-state index in [1.54, 1.807) is 33.3 Å². The molecule has 5 nitrogen and oxygen atoms in total. The van der Waals surface area contributed by atoms with Crippen molar-refractivity contribution in [2.45, 2.75) is 52.1 Å². The molecule has 2 heterocycles. The topological polar surface area (TPSA) is 43.9 Å². The number of carbonyl (C=O) groups is 2. The zero-order valence-corrected chi connectivity index (χ0v) is 20.3. The van der Waals surface area contributed by atoms with Crippen molar-refractivity contribution in [3.63, 3.8) is 0 Å². The number of benzene rings is 1. The number of thiophene rings is 1. The van der Waals surface area contributed by atoms with Crippen LogP contribution in [-0.2, 0) is 22.7 Å². The molecule has 33 heavy (non-hydrogen) atoms. The summed E-state index contributed by atoms with van der Waals surface area (Å²) in [5, 5.41) is 0. The van der Waals surface area contributed by atoms with Gasteiger partial charge in [-0.05, 0) is 75.5 Å². The fourth-order valence-corrected chi connectivity index (χ4v) is 5.42. The minimum atomic E-state index is -0.287. The number of nitrogens with zero attached hydrogens (tertiary/aromatic N) is 3. The van der Waals surface area contributed by atoms with E-state index >= 15 is 0 Å². The lowest BCUT2D eigenvalue weighted by Crippen LogP contribution is -2.48. The molecule has 2 amide bonds. The van der Waals surface area contributed by atoms with E-state index in [-0.39, 0.29) is 30.1 Å². The average molecular weight is 472 g/mol. The molecule has 0 atom stereocenters. The normalized spacial score (nSPS) is 16.5. The number of amides is 2. The molecule has 2 aromatic rings. The van der Waals surface area contributed by atoms with Crippen molar-refractivity contribution in [2.75, 3.05) is 32.7 Å². The van der Waals surface area contributed by atoms with E-state index in [0.29, 0.717) is 19.6 Å². The maximum absolute atomic E-state index is 13.5. The fraction of sp³-hybridized carbons (Fsp3) is 0.538. The van der Waals surface area contributed by atoms with Crippen LogP contribution in [0.3, 0.4) is 0 Å². The van der Waals surface area contributed by atoms with Crippen molar-refractivity contribution in [2.24, 2.45) is 5.92 Å². The quantitative estimate of drug-likeness (QED) is 0.514. The summed E-state index contributed by atoms with van der Waals surface area (Å²) in [4.78, 5) is 34.9. The molecule has 0 spiro atoms. The first-order valence-corrected chi connectivity index (χ1v) is 12.9. The van der Waals surface area contributed by atoms with Crippen LogP contribution in [0.4, 0.5) is 4.39 Å². The lowest BCUT2D eigenvalue weighted by atomic mass is 9.84. The average Bonchev–Trinajstić information content (AvgIpc) is 3.42. The van der Waals surface area contributed by atoms with E-state index in [0.717, 1.165) is 49.3 Å². The van der Waals surface area contributed by atoms with E-state index in [4.69, 9.17) is 0 Å². The van der Waals surface area contributed by atoms with Gasteiger partial charge in [-0.15, -0.1) is 11.3 Å². The Kier molecular flexibility index (Phi) is 8.15. The molecule has 0 N–H and O–H groups in total. The van der Waals surface area contributed by atoms with Crippen LogP contribution in [0.5, 0.6) is 0 Å². The number of carbonyl (C=O) groups excluding carboxylic acids is 2. The van der Waals surface area contributed by atoms with Crippen LogP contribution in [0.15, 0.2) is 36.4 Å². The molecule has 2 aliphatic rings. The van der Waals surface area contributed by atoms with Crippen molar-refractivity contribution in [3.8, 4) is 0 Å². The second kappa shape index (κ2) is 11.3. The van der Waals surface area contributed by atoms with Gasteiger partial charge in [-0.3, -0.25) is 9.59 Å². The van der Waals surface area contributed by atoms with Crippen molar-refractivity contribution < 1.29 is 14.0 Å². The predicted molar refractivity (Wildman–Crippen MR) is 129 cm³/mol. The molecule has 4 rings (SSSR count). The second-order valence-electron chi connectivity index (χ2n) is 9.32. The largest absolute Gasteiger partial charge is 0.332 e. The Morgan fingerprint density at radius 1 is 1.00 bits per heavy atom. The van der Waals surface area contributed by atoms with Crippen LogP contribution >= 0.6 is 11.3 Å². The highest BCUT2D eigenvalue weighted by atomic mass is 32.1. The highest BCUT2D eigenvalue weighted by Crippen LogP contribution is 2.28. The van der Waals surface area contributed by atoms with Crippen LogP contribution in [0, 0.1) is 18.7 Å².